The van der Waals surface area contributed by atoms with Crippen molar-refractivity contribution in [3.8, 4) is 11.3 Å². The molecule has 0 saturated carbocycles. The maximum atomic E-state index is 5.67. The van der Waals surface area contributed by atoms with Crippen LogP contribution < -0.4 is 11.5 Å². The number of nitrogens with one attached hydrogen (secondary N) is 1. The third-order valence-electron chi connectivity index (χ3n) is 1.72. The van der Waals surface area contributed by atoms with Crippen molar-refractivity contribution in [1.82, 2.24) is 15.2 Å². The lowest BCUT2D eigenvalue weighted by Gasteiger charge is -2.01. The molecule has 0 radical (unpaired) electrons. The van der Waals surface area contributed by atoms with Crippen molar-refractivity contribution in [2.45, 2.75) is 0 Å². The standard InChI is InChI=1S/C8H9N5/c9-7-2-1-5(8(10)12-7)6-3-4-11-13-6/h1-4H,(H,11,13)(H4,9,10,12). The number of nitrogen functional groups attached to an aromatic ring is 2. The number of hydrogen-bond acceptors (Lipinski definition) is 4. The van der Waals surface area contributed by atoms with Gasteiger partial charge in [-0.15, -0.1) is 0 Å². The average molecular weight is 175 g/mol. The van der Waals surface area contributed by atoms with Crippen LogP contribution in [-0.4, -0.2) is 15.2 Å². The zero-order valence-electron chi connectivity index (χ0n) is 6.86. The fraction of sp³-hybridized carbons (Fsp3) is 0. The molecule has 66 valence electrons. The molecule has 2 aromatic rings. The minimum absolute atomic E-state index is 0.395. The van der Waals surface area contributed by atoms with Crippen molar-refractivity contribution in [1.29, 1.82) is 0 Å². The predicted molar refractivity (Wildman–Crippen MR) is 50.6 cm³/mol. The predicted octanol–water partition coefficient (Wildman–Crippen LogP) is 0.636. The monoisotopic (exact) mass is 175 g/mol. The number of nitrogens with zero attached hydrogens (tertiary/aromatic N) is 2. The Morgan fingerprint density at radius 3 is 2.62 bits per heavy atom. The first-order valence-corrected chi connectivity index (χ1v) is 3.79. The minimum atomic E-state index is 0.395. The molecule has 5 N–H and O–H groups in total. The van der Waals surface area contributed by atoms with Gasteiger partial charge in [0.05, 0.1) is 5.69 Å². The van der Waals surface area contributed by atoms with E-state index in [1.54, 1.807) is 18.3 Å². The summed E-state index contributed by atoms with van der Waals surface area (Å²) in [5.74, 6) is 0.809. The Morgan fingerprint density at radius 1 is 1.15 bits per heavy atom. The number of hydrogen-bond donors (Lipinski definition) is 3. The Morgan fingerprint density at radius 2 is 2.00 bits per heavy atom. The van der Waals surface area contributed by atoms with Gasteiger partial charge in [0.25, 0.3) is 0 Å². The van der Waals surface area contributed by atoms with Gasteiger partial charge in [-0.25, -0.2) is 4.98 Å². The number of nitrogens with two attached hydrogens (primary N) is 2. The molecule has 5 heteroatoms. The highest BCUT2D eigenvalue weighted by Crippen LogP contribution is 2.22. The number of H-pyrrole nitrogens is 1. The number of aromatic amines is 1. The van der Waals surface area contributed by atoms with Crippen LogP contribution >= 0.6 is 0 Å². The molecule has 2 heterocycles. The van der Waals surface area contributed by atoms with Crippen LogP contribution in [0.1, 0.15) is 0 Å². The first-order valence-electron chi connectivity index (χ1n) is 3.79. The van der Waals surface area contributed by atoms with Crippen LogP contribution in [0.15, 0.2) is 24.4 Å². The fourth-order valence-corrected chi connectivity index (χ4v) is 1.12. The Kier molecular flexibility index (Phi) is 1.63. The summed E-state index contributed by atoms with van der Waals surface area (Å²) < 4.78 is 0. The second-order valence-electron chi connectivity index (χ2n) is 2.63. The smallest absolute Gasteiger partial charge is 0.135 e. The number of anilines is 2. The van der Waals surface area contributed by atoms with E-state index >= 15 is 0 Å². The zero-order chi connectivity index (χ0) is 9.26. The minimum Gasteiger partial charge on any atom is -0.384 e. The van der Waals surface area contributed by atoms with Gasteiger partial charge in [-0.1, -0.05) is 0 Å². The molecule has 0 spiro atoms. The van der Waals surface area contributed by atoms with E-state index in [9.17, 15) is 0 Å². The highest BCUT2D eigenvalue weighted by Gasteiger charge is 2.05. The third-order valence-corrected chi connectivity index (χ3v) is 1.72. The molecule has 0 fully saturated rings. The normalized spacial score (nSPS) is 10.2. The molecule has 0 aliphatic rings. The molecule has 13 heavy (non-hydrogen) atoms. The van der Waals surface area contributed by atoms with Gasteiger partial charge in [0.2, 0.25) is 0 Å². The van der Waals surface area contributed by atoms with Crippen LogP contribution in [0, 0.1) is 0 Å². The van der Waals surface area contributed by atoms with Crippen molar-refractivity contribution in [2.75, 3.05) is 11.5 Å². The molecule has 0 aromatic carbocycles. The fourth-order valence-electron chi connectivity index (χ4n) is 1.12. The highest BCUT2D eigenvalue weighted by atomic mass is 15.1. The molecule has 0 aliphatic heterocycles. The summed E-state index contributed by atoms with van der Waals surface area (Å²) in [4.78, 5) is 3.93. The maximum Gasteiger partial charge on any atom is 0.135 e. The van der Waals surface area contributed by atoms with Crippen molar-refractivity contribution in [2.24, 2.45) is 0 Å². The van der Waals surface area contributed by atoms with E-state index in [4.69, 9.17) is 11.5 Å². The van der Waals surface area contributed by atoms with Crippen LogP contribution in [0.5, 0.6) is 0 Å². The largest absolute Gasteiger partial charge is 0.384 e. The van der Waals surface area contributed by atoms with E-state index < -0.39 is 0 Å². The molecule has 2 rings (SSSR count). The lowest BCUT2D eigenvalue weighted by atomic mass is 10.2. The molecule has 0 amide bonds. The van der Waals surface area contributed by atoms with Gasteiger partial charge >= 0.3 is 0 Å². The van der Waals surface area contributed by atoms with Gasteiger partial charge in [-0.2, -0.15) is 5.10 Å². The molecule has 0 saturated heterocycles. The number of aromatic nitrogens is 3. The quantitative estimate of drug-likeness (QED) is 0.592. The van der Waals surface area contributed by atoms with Crippen molar-refractivity contribution >= 4 is 11.6 Å². The van der Waals surface area contributed by atoms with Crippen LogP contribution in [-0.2, 0) is 0 Å². The van der Waals surface area contributed by atoms with Crippen LogP contribution in [0.3, 0.4) is 0 Å². The lowest BCUT2D eigenvalue weighted by molar-refractivity contribution is 1.09. The molecule has 0 bridgehead atoms. The average Bonchev–Trinajstić information content (AvgIpc) is 2.56. The lowest BCUT2D eigenvalue weighted by Crippen LogP contribution is -1.98. The van der Waals surface area contributed by atoms with Crippen molar-refractivity contribution in [3.05, 3.63) is 24.4 Å². The second-order valence-corrected chi connectivity index (χ2v) is 2.63. The van der Waals surface area contributed by atoms with E-state index in [2.05, 4.69) is 15.2 Å². The second kappa shape index (κ2) is 2.78. The Bertz CT molecular complexity index is 406. The molecule has 0 unspecified atom stereocenters. The van der Waals surface area contributed by atoms with Gasteiger partial charge in [-0.3, -0.25) is 5.10 Å². The summed E-state index contributed by atoms with van der Waals surface area (Å²) in [6.45, 7) is 0. The Hall–Kier alpha value is -2.04. The van der Waals surface area contributed by atoms with E-state index in [-0.39, 0.29) is 0 Å². The number of pyridine rings is 1. The maximum absolute atomic E-state index is 5.67. The SMILES string of the molecule is Nc1ccc(-c2cc[nH]n2)c(N)n1. The summed E-state index contributed by atoms with van der Waals surface area (Å²) >= 11 is 0. The Balaban J connectivity index is 2.53. The summed E-state index contributed by atoms with van der Waals surface area (Å²) in [6.07, 6.45) is 1.73. The first kappa shape index (κ1) is 7.60. The van der Waals surface area contributed by atoms with Gasteiger partial charge in [0.1, 0.15) is 11.6 Å². The molecular formula is C8H9N5. The summed E-state index contributed by atoms with van der Waals surface area (Å²) in [7, 11) is 0. The zero-order valence-corrected chi connectivity index (χ0v) is 6.86. The van der Waals surface area contributed by atoms with Crippen molar-refractivity contribution < 1.29 is 0 Å². The van der Waals surface area contributed by atoms with Gasteiger partial charge in [-0.05, 0) is 18.2 Å². The summed E-state index contributed by atoms with van der Waals surface area (Å²) in [5.41, 5.74) is 12.7. The van der Waals surface area contributed by atoms with Crippen molar-refractivity contribution in [3.63, 3.8) is 0 Å². The molecular weight excluding hydrogens is 166 g/mol. The first-order chi connectivity index (χ1) is 6.27. The summed E-state index contributed by atoms with van der Waals surface area (Å²) in [6, 6.07) is 5.32. The van der Waals surface area contributed by atoms with Gasteiger partial charge < -0.3 is 11.5 Å². The van der Waals surface area contributed by atoms with E-state index in [1.165, 1.54) is 0 Å². The summed E-state index contributed by atoms with van der Waals surface area (Å²) in [5, 5.41) is 6.70. The van der Waals surface area contributed by atoms with Crippen LogP contribution in [0.4, 0.5) is 11.6 Å². The van der Waals surface area contributed by atoms with E-state index in [0.717, 1.165) is 11.3 Å². The van der Waals surface area contributed by atoms with Crippen LogP contribution in [0.25, 0.3) is 11.3 Å². The topological polar surface area (TPSA) is 93.6 Å². The Labute approximate surface area is 74.8 Å². The van der Waals surface area contributed by atoms with Crippen LogP contribution in [0.2, 0.25) is 0 Å². The highest BCUT2D eigenvalue weighted by molar-refractivity contribution is 5.71. The molecule has 5 nitrogen and oxygen atoms in total. The van der Waals surface area contributed by atoms with Gasteiger partial charge in [0, 0.05) is 11.8 Å². The molecule has 2 aromatic heterocycles. The number of rotatable bonds is 1. The molecule has 0 aliphatic carbocycles. The van der Waals surface area contributed by atoms with E-state index in [1.807, 2.05) is 6.07 Å². The van der Waals surface area contributed by atoms with E-state index in [0.29, 0.717) is 11.6 Å². The molecule has 0 atom stereocenters. The third kappa shape index (κ3) is 1.31. The van der Waals surface area contributed by atoms with Gasteiger partial charge in [0.15, 0.2) is 0 Å².